The SMILES string of the molecule is COc1cccc(C(CI)OCCCC(F)(F)F)c1. The quantitative estimate of drug-likeness (QED) is 0.388. The van der Waals surface area contributed by atoms with Gasteiger partial charge in [0.15, 0.2) is 0 Å². The number of alkyl halides is 4. The lowest BCUT2D eigenvalue weighted by molar-refractivity contribution is -0.138. The van der Waals surface area contributed by atoms with Crippen LogP contribution in [0.1, 0.15) is 24.5 Å². The summed E-state index contributed by atoms with van der Waals surface area (Å²) in [5, 5.41) is 0. The maximum Gasteiger partial charge on any atom is 0.389 e. The maximum atomic E-state index is 12.0. The molecule has 1 atom stereocenters. The molecule has 0 aliphatic rings. The zero-order chi connectivity index (χ0) is 14.3. The van der Waals surface area contributed by atoms with E-state index < -0.39 is 12.6 Å². The highest BCUT2D eigenvalue weighted by molar-refractivity contribution is 14.1. The molecule has 1 aromatic rings. The molecule has 19 heavy (non-hydrogen) atoms. The van der Waals surface area contributed by atoms with Crippen molar-refractivity contribution in [1.29, 1.82) is 0 Å². The van der Waals surface area contributed by atoms with Crippen LogP contribution < -0.4 is 4.74 Å². The third-order valence-electron chi connectivity index (χ3n) is 2.53. The Kier molecular flexibility index (Phi) is 6.92. The molecule has 108 valence electrons. The number of rotatable bonds is 7. The van der Waals surface area contributed by atoms with Gasteiger partial charge in [-0.1, -0.05) is 34.7 Å². The van der Waals surface area contributed by atoms with E-state index in [4.69, 9.17) is 9.47 Å². The largest absolute Gasteiger partial charge is 0.497 e. The van der Waals surface area contributed by atoms with Crippen LogP contribution >= 0.6 is 22.6 Å². The molecule has 0 saturated carbocycles. The van der Waals surface area contributed by atoms with Crippen LogP contribution in [0.15, 0.2) is 24.3 Å². The minimum absolute atomic E-state index is 0.0133. The standard InChI is InChI=1S/C13H16F3IO2/c1-18-11-5-2-4-10(8-11)12(9-17)19-7-3-6-13(14,15)16/h2,4-5,8,12H,3,6-7,9H2,1H3. The number of ether oxygens (including phenoxy) is 2. The predicted molar refractivity (Wildman–Crippen MR) is 75.9 cm³/mol. The Hall–Kier alpha value is -0.500. The Morgan fingerprint density at radius 1 is 1.32 bits per heavy atom. The lowest BCUT2D eigenvalue weighted by Gasteiger charge is -2.17. The van der Waals surface area contributed by atoms with Gasteiger partial charge in [-0.05, 0) is 24.1 Å². The van der Waals surface area contributed by atoms with Crippen LogP contribution in [0.2, 0.25) is 0 Å². The average Bonchev–Trinajstić information content (AvgIpc) is 2.37. The van der Waals surface area contributed by atoms with Crippen LogP contribution in [0.5, 0.6) is 5.75 Å². The summed E-state index contributed by atoms with van der Waals surface area (Å²) in [7, 11) is 1.57. The van der Waals surface area contributed by atoms with Gasteiger partial charge in [-0.15, -0.1) is 0 Å². The third-order valence-corrected chi connectivity index (χ3v) is 3.33. The maximum absolute atomic E-state index is 12.0. The fourth-order valence-electron chi connectivity index (χ4n) is 1.57. The molecule has 0 radical (unpaired) electrons. The molecule has 2 nitrogen and oxygen atoms in total. The molecule has 0 aliphatic heterocycles. The molecule has 0 bridgehead atoms. The van der Waals surface area contributed by atoms with Crippen molar-refractivity contribution >= 4 is 22.6 Å². The second-order valence-corrected chi connectivity index (χ2v) is 4.89. The topological polar surface area (TPSA) is 18.5 Å². The number of benzene rings is 1. The zero-order valence-electron chi connectivity index (χ0n) is 10.5. The first-order chi connectivity index (χ1) is 8.96. The Bertz CT molecular complexity index is 382. The minimum Gasteiger partial charge on any atom is -0.497 e. The summed E-state index contributed by atoms with van der Waals surface area (Å²) in [6.07, 6.45) is -5.14. The Morgan fingerprint density at radius 2 is 2.05 bits per heavy atom. The van der Waals surface area contributed by atoms with E-state index in [2.05, 4.69) is 22.6 Å². The molecule has 0 amide bonds. The summed E-state index contributed by atoms with van der Waals surface area (Å²) in [5.41, 5.74) is 0.917. The summed E-state index contributed by atoms with van der Waals surface area (Å²) >= 11 is 2.16. The molecule has 0 aromatic heterocycles. The zero-order valence-corrected chi connectivity index (χ0v) is 12.7. The first-order valence-electron chi connectivity index (χ1n) is 5.84. The number of halogens is 4. The van der Waals surface area contributed by atoms with E-state index in [1.165, 1.54) is 0 Å². The van der Waals surface area contributed by atoms with Crippen LogP contribution in [0.4, 0.5) is 13.2 Å². The lowest BCUT2D eigenvalue weighted by atomic mass is 10.1. The van der Waals surface area contributed by atoms with Gasteiger partial charge in [0.05, 0.1) is 13.2 Å². The van der Waals surface area contributed by atoms with Gasteiger partial charge in [0, 0.05) is 17.5 Å². The highest BCUT2D eigenvalue weighted by Crippen LogP contribution is 2.25. The van der Waals surface area contributed by atoms with Crippen molar-refractivity contribution in [2.75, 3.05) is 18.1 Å². The molecule has 1 rings (SSSR count). The van der Waals surface area contributed by atoms with Crippen molar-refractivity contribution < 1.29 is 22.6 Å². The van der Waals surface area contributed by atoms with Gasteiger partial charge in [0.1, 0.15) is 5.75 Å². The number of hydrogen-bond acceptors (Lipinski definition) is 2. The second-order valence-electron chi connectivity index (χ2n) is 4.01. The number of methoxy groups -OCH3 is 1. The van der Waals surface area contributed by atoms with E-state index in [9.17, 15) is 13.2 Å². The van der Waals surface area contributed by atoms with Gasteiger partial charge in [-0.3, -0.25) is 0 Å². The van der Waals surface area contributed by atoms with Crippen LogP contribution in [-0.2, 0) is 4.74 Å². The molecule has 0 N–H and O–H groups in total. The lowest BCUT2D eigenvalue weighted by Crippen LogP contribution is -2.11. The molecule has 0 aliphatic carbocycles. The van der Waals surface area contributed by atoms with Gasteiger partial charge in [0.25, 0.3) is 0 Å². The monoisotopic (exact) mass is 388 g/mol. The summed E-state index contributed by atoms with van der Waals surface area (Å²) < 4.78 is 47.3. The molecular formula is C13H16F3IO2. The fraction of sp³-hybridized carbons (Fsp3) is 0.538. The molecule has 1 aromatic carbocycles. The van der Waals surface area contributed by atoms with Crippen molar-refractivity contribution in [2.45, 2.75) is 25.1 Å². The molecule has 1 unspecified atom stereocenters. The van der Waals surface area contributed by atoms with Crippen molar-refractivity contribution in [2.24, 2.45) is 0 Å². The van der Waals surface area contributed by atoms with Crippen molar-refractivity contribution in [3.05, 3.63) is 29.8 Å². The van der Waals surface area contributed by atoms with E-state index >= 15 is 0 Å². The van der Waals surface area contributed by atoms with Crippen LogP contribution in [0.25, 0.3) is 0 Å². The van der Waals surface area contributed by atoms with E-state index in [0.29, 0.717) is 10.2 Å². The van der Waals surface area contributed by atoms with Crippen molar-refractivity contribution in [3.63, 3.8) is 0 Å². The summed E-state index contributed by atoms with van der Waals surface area (Å²) in [6.45, 7) is 0.102. The first kappa shape index (κ1) is 16.6. The summed E-state index contributed by atoms with van der Waals surface area (Å²) in [4.78, 5) is 0. The van der Waals surface area contributed by atoms with E-state index in [1.54, 1.807) is 7.11 Å². The Labute approximate surface area is 124 Å². The van der Waals surface area contributed by atoms with Crippen molar-refractivity contribution in [3.8, 4) is 5.75 Å². The molecule has 0 saturated heterocycles. The van der Waals surface area contributed by atoms with Gasteiger partial charge in [-0.2, -0.15) is 13.2 Å². The van der Waals surface area contributed by atoms with Gasteiger partial charge >= 0.3 is 6.18 Å². The highest BCUT2D eigenvalue weighted by atomic mass is 127. The first-order valence-corrected chi connectivity index (χ1v) is 7.37. The van der Waals surface area contributed by atoms with Gasteiger partial charge < -0.3 is 9.47 Å². The highest BCUT2D eigenvalue weighted by Gasteiger charge is 2.26. The minimum atomic E-state index is -4.11. The number of hydrogen-bond donors (Lipinski definition) is 0. The van der Waals surface area contributed by atoms with E-state index in [-0.39, 0.29) is 19.1 Å². The molecular weight excluding hydrogens is 372 g/mol. The van der Waals surface area contributed by atoms with Crippen LogP contribution in [-0.4, -0.2) is 24.3 Å². The second kappa shape index (κ2) is 7.94. The average molecular weight is 388 g/mol. The molecule has 0 heterocycles. The molecule has 6 heteroatoms. The van der Waals surface area contributed by atoms with Gasteiger partial charge in [0.2, 0.25) is 0 Å². The van der Waals surface area contributed by atoms with Crippen molar-refractivity contribution in [1.82, 2.24) is 0 Å². The third kappa shape index (κ3) is 6.47. The Balaban J connectivity index is 2.48. The smallest absolute Gasteiger partial charge is 0.389 e. The summed E-state index contributed by atoms with van der Waals surface area (Å²) in [5.74, 6) is 0.714. The molecule has 0 fully saturated rings. The molecule has 0 spiro atoms. The van der Waals surface area contributed by atoms with Crippen LogP contribution in [0.3, 0.4) is 0 Å². The normalized spacial score (nSPS) is 13.3. The Morgan fingerprint density at radius 3 is 2.63 bits per heavy atom. The van der Waals surface area contributed by atoms with E-state index in [0.717, 1.165) is 5.56 Å². The predicted octanol–water partition coefficient (Wildman–Crippen LogP) is 4.53. The van der Waals surface area contributed by atoms with Gasteiger partial charge in [-0.25, -0.2) is 0 Å². The van der Waals surface area contributed by atoms with E-state index in [1.807, 2.05) is 24.3 Å². The summed E-state index contributed by atoms with van der Waals surface area (Å²) in [6, 6.07) is 7.38. The fourth-order valence-corrected chi connectivity index (χ4v) is 2.33. The van der Waals surface area contributed by atoms with Crippen LogP contribution in [0, 0.1) is 0 Å².